The molecule has 0 radical (unpaired) electrons. The Kier molecular flexibility index (Phi) is 2.64. The van der Waals surface area contributed by atoms with Gasteiger partial charge < -0.3 is 5.32 Å². The van der Waals surface area contributed by atoms with Crippen molar-refractivity contribution in [1.82, 2.24) is 5.32 Å². The van der Waals surface area contributed by atoms with Crippen LogP contribution in [0.15, 0.2) is 0 Å². The maximum Gasteiger partial charge on any atom is 0.0377 e. The fourth-order valence-corrected chi connectivity index (χ4v) is 1.32. The molecule has 1 N–H and O–H groups in total. The molecule has 1 rings (SSSR count). The number of halogens is 1. The fourth-order valence-electron chi connectivity index (χ4n) is 1.06. The van der Waals surface area contributed by atoms with Gasteiger partial charge in [-0.05, 0) is 19.4 Å². The number of nitrogens with one attached hydrogen (secondary N) is 1. The SMILES string of the molecule is ClC[C@H]1CCCCN1. The zero-order valence-electron chi connectivity index (χ0n) is 4.99. The highest BCUT2D eigenvalue weighted by atomic mass is 35.5. The quantitative estimate of drug-likeness (QED) is 0.533. The summed E-state index contributed by atoms with van der Waals surface area (Å²) in [4.78, 5) is 0. The van der Waals surface area contributed by atoms with Gasteiger partial charge in [0.05, 0.1) is 0 Å². The standard InChI is InChI=1S/C6H12ClN/c7-5-6-3-1-2-4-8-6/h6,8H,1-5H2/t6-/m1/s1. The highest BCUT2D eigenvalue weighted by molar-refractivity contribution is 6.18. The first kappa shape index (κ1) is 6.37. The molecule has 8 heavy (non-hydrogen) atoms. The van der Waals surface area contributed by atoms with Crippen LogP contribution in [-0.2, 0) is 0 Å². The minimum atomic E-state index is 0.602. The third kappa shape index (κ3) is 1.64. The summed E-state index contributed by atoms with van der Waals surface area (Å²) in [6.45, 7) is 1.16. The first-order valence-electron chi connectivity index (χ1n) is 3.23. The minimum Gasteiger partial charge on any atom is -0.313 e. The number of rotatable bonds is 1. The van der Waals surface area contributed by atoms with Crippen molar-refractivity contribution in [3.63, 3.8) is 0 Å². The highest BCUT2D eigenvalue weighted by Gasteiger charge is 2.09. The molecular weight excluding hydrogens is 122 g/mol. The summed E-state index contributed by atoms with van der Waals surface area (Å²) in [7, 11) is 0. The van der Waals surface area contributed by atoms with E-state index in [9.17, 15) is 0 Å². The van der Waals surface area contributed by atoms with Crippen molar-refractivity contribution >= 4 is 11.6 Å². The van der Waals surface area contributed by atoms with E-state index in [1.807, 2.05) is 0 Å². The molecule has 48 valence electrons. The number of hydrogen-bond acceptors (Lipinski definition) is 1. The molecule has 1 nitrogen and oxygen atoms in total. The van der Waals surface area contributed by atoms with Crippen molar-refractivity contribution in [1.29, 1.82) is 0 Å². The smallest absolute Gasteiger partial charge is 0.0377 e. The third-order valence-electron chi connectivity index (χ3n) is 1.60. The van der Waals surface area contributed by atoms with Crippen LogP contribution in [0.3, 0.4) is 0 Å². The molecule has 1 aliphatic rings. The van der Waals surface area contributed by atoms with E-state index >= 15 is 0 Å². The molecule has 1 atom stereocenters. The Balaban J connectivity index is 2.13. The van der Waals surface area contributed by atoms with E-state index in [1.165, 1.54) is 19.3 Å². The highest BCUT2D eigenvalue weighted by Crippen LogP contribution is 2.07. The molecule has 0 saturated carbocycles. The average molecular weight is 134 g/mol. The summed E-state index contributed by atoms with van der Waals surface area (Å²) < 4.78 is 0. The van der Waals surface area contributed by atoms with Gasteiger partial charge in [-0.1, -0.05) is 6.42 Å². The van der Waals surface area contributed by atoms with Crippen molar-refractivity contribution in [3.05, 3.63) is 0 Å². The first-order chi connectivity index (χ1) is 3.93. The maximum atomic E-state index is 5.62. The monoisotopic (exact) mass is 133 g/mol. The van der Waals surface area contributed by atoms with Crippen LogP contribution in [0.4, 0.5) is 0 Å². The van der Waals surface area contributed by atoms with Crippen LogP contribution in [0.1, 0.15) is 19.3 Å². The van der Waals surface area contributed by atoms with Crippen LogP contribution >= 0.6 is 11.6 Å². The Morgan fingerprint density at radius 1 is 1.50 bits per heavy atom. The van der Waals surface area contributed by atoms with Crippen LogP contribution in [0.2, 0.25) is 0 Å². The molecule has 1 heterocycles. The van der Waals surface area contributed by atoms with E-state index in [2.05, 4.69) is 5.32 Å². The second-order valence-corrected chi connectivity index (χ2v) is 2.61. The predicted molar refractivity (Wildman–Crippen MR) is 36.4 cm³/mol. The zero-order valence-corrected chi connectivity index (χ0v) is 5.75. The number of alkyl halides is 1. The minimum absolute atomic E-state index is 0.602. The Bertz CT molecular complexity index is 59.5. The van der Waals surface area contributed by atoms with Gasteiger partial charge in [0.15, 0.2) is 0 Å². The van der Waals surface area contributed by atoms with Crippen LogP contribution in [-0.4, -0.2) is 18.5 Å². The van der Waals surface area contributed by atoms with E-state index in [-0.39, 0.29) is 0 Å². The van der Waals surface area contributed by atoms with Gasteiger partial charge in [-0.2, -0.15) is 0 Å². The lowest BCUT2D eigenvalue weighted by Crippen LogP contribution is -2.35. The second-order valence-electron chi connectivity index (χ2n) is 2.30. The van der Waals surface area contributed by atoms with Gasteiger partial charge in [0.25, 0.3) is 0 Å². The van der Waals surface area contributed by atoms with Crippen molar-refractivity contribution in [2.24, 2.45) is 0 Å². The topological polar surface area (TPSA) is 12.0 Å². The van der Waals surface area contributed by atoms with E-state index in [0.717, 1.165) is 12.4 Å². The van der Waals surface area contributed by atoms with Crippen LogP contribution in [0.25, 0.3) is 0 Å². The van der Waals surface area contributed by atoms with Crippen molar-refractivity contribution < 1.29 is 0 Å². The van der Waals surface area contributed by atoms with Crippen LogP contribution in [0, 0.1) is 0 Å². The van der Waals surface area contributed by atoms with E-state index in [0.29, 0.717) is 6.04 Å². The summed E-state index contributed by atoms with van der Waals surface area (Å²) in [6.07, 6.45) is 3.95. The molecular formula is C6H12ClN. The van der Waals surface area contributed by atoms with Gasteiger partial charge >= 0.3 is 0 Å². The molecule has 0 bridgehead atoms. The second kappa shape index (κ2) is 3.31. The lowest BCUT2D eigenvalue weighted by molar-refractivity contribution is 0.428. The van der Waals surface area contributed by atoms with Gasteiger partial charge in [0, 0.05) is 11.9 Å². The van der Waals surface area contributed by atoms with Gasteiger partial charge in [0.2, 0.25) is 0 Å². The molecule has 0 aromatic rings. The van der Waals surface area contributed by atoms with E-state index in [1.54, 1.807) is 0 Å². The Morgan fingerprint density at radius 3 is 2.75 bits per heavy atom. The average Bonchev–Trinajstić information content (AvgIpc) is 1.90. The van der Waals surface area contributed by atoms with Gasteiger partial charge in [0.1, 0.15) is 0 Å². The Hall–Kier alpha value is 0.250. The first-order valence-corrected chi connectivity index (χ1v) is 3.76. The summed E-state index contributed by atoms with van der Waals surface area (Å²) >= 11 is 5.62. The molecule has 0 aliphatic carbocycles. The van der Waals surface area contributed by atoms with Crippen LogP contribution in [0.5, 0.6) is 0 Å². The molecule has 0 aromatic carbocycles. The molecule has 0 amide bonds. The Labute approximate surface area is 55.4 Å². The number of piperidine rings is 1. The predicted octanol–water partition coefficient (Wildman–Crippen LogP) is 1.37. The summed E-state index contributed by atoms with van der Waals surface area (Å²) in [5, 5.41) is 3.34. The number of hydrogen-bond donors (Lipinski definition) is 1. The molecule has 1 aliphatic heterocycles. The molecule has 0 spiro atoms. The summed E-state index contributed by atoms with van der Waals surface area (Å²) in [6, 6.07) is 0.602. The van der Waals surface area contributed by atoms with Crippen molar-refractivity contribution in [3.8, 4) is 0 Å². The fraction of sp³-hybridized carbons (Fsp3) is 1.00. The van der Waals surface area contributed by atoms with Crippen molar-refractivity contribution in [2.75, 3.05) is 12.4 Å². The van der Waals surface area contributed by atoms with Gasteiger partial charge in [-0.3, -0.25) is 0 Å². The molecule has 0 aromatic heterocycles. The molecule has 1 saturated heterocycles. The van der Waals surface area contributed by atoms with Gasteiger partial charge in [-0.25, -0.2) is 0 Å². The van der Waals surface area contributed by atoms with E-state index < -0.39 is 0 Å². The van der Waals surface area contributed by atoms with Crippen molar-refractivity contribution in [2.45, 2.75) is 25.3 Å². The van der Waals surface area contributed by atoms with E-state index in [4.69, 9.17) is 11.6 Å². The molecule has 1 fully saturated rings. The Morgan fingerprint density at radius 2 is 2.38 bits per heavy atom. The molecule has 0 unspecified atom stereocenters. The summed E-state index contributed by atoms with van der Waals surface area (Å²) in [5.41, 5.74) is 0. The largest absolute Gasteiger partial charge is 0.313 e. The third-order valence-corrected chi connectivity index (χ3v) is 1.97. The van der Waals surface area contributed by atoms with Crippen LogP contribution < -0.4 is 5.32 Å². The molecule has 2 heteroatoms. The summed E-state index contributed by atoms with van der Waals surface area (Å²) in [5.74, 6) is 0.778. The maximum absolute atomic E-state index is 5.62. The van der Waals surface area contributed by atoms with Gasteiger partial charge in [-0.15, -0.1) is 11.6 Å². The zero-order chi connectivity index (χ0) is 5.82. The normalized spacial score (nSPS) is 30.4. The lowest BCUT2D eigenvalue weighted by atomic mass is 10.1. The lowest BCUT2D eigenvalue weighted by Gasteiger charge is -2.20.